The van der Waals surface area contributed by atoms with Crippen LogP contribution in [0, 0.1) is 11.8 Å². The Labute approximate surface area is 154 Å². The molecule has 3 atom stereocenters. The Morgan fingerprint density at radius 2 is 1.88 bits per heavy atom. The number of hydrogen-bond donors (Lipinski definition) is 1. The van der Waals surface area contributed by atoms with Crippen molar-refractivity contribution in [3.05, 3.63) is 60.4 Å². The van der Waals surface area contributed by atoms with Gasteiger partial charge in [0.25, 0.3) is 0 Å². The molecule has 1 N–H and O–H groups in total. The van der Waals surface area contributed by atoms with Gasteiger partial charge < -0.3 is 4.74 Å². The molecule has 0 aliphatic carbocycles. The maximum atomic E-state index is 12.4. The second-order valence-corrected chi connectivity index (χ2v) is 8.78. The highest BCUT2D eigenvalue weighted by Gasteiger charge is 2.43. The lowest BCUT2D eigenvalue weighted by Crippen LogP contribution is -2.34. The van der Waals surface area contributed by atoms with Crippen LogP contribution >= 0.6 is 0 Å². The van der Waals surface area contributed by atoms with Gasteiger partial charge in [-0.15, -0.1) is 0 Å². The second-order valence-electron chi connectivity index (χ2n) is 7.01. The smallest absolute Gasteiger partial charge is 0.240 e. The van der Waals surface area contributed by atoms with Crippen molar-refractivity contribution in [3.8, 4) is 0 Å². The van der Waals surface area contributed by atoms with Crippen LogP contribution in [-0.4, -0.2) is 50.6 Å². The summed E-state index contributed by atoms with van der Waals surface area (Å²) in [6.45, 7) is 3.75. The van der Waals surface area contributed by atoms with Gasteiger partial charge in [-0.2, -0.15) is 0 Å². The molecule has 3 heterocycles. The van der Waals surface area contributed by atoms with E-state index in [9.17, 15) is 8.42 Å². The van der Waals surface area contributed by atoms with E-state index in [-0.39, 0.29) is 12.0 Å². The fraction of sp³-hybridized carbons (Fsp3) is 0.421. The highest BCUT2D eigenvalue weighted by molar-refractivity contribution is 7.89. The number of fused-ring (bicyclic) bond motifs is 1. The van der Waals surface area contributed by atoms with E-state index >= 15 is 0 Å². The zero-order valence-corrected chi connectivity index (χ0v) is 15.3. The van der Waals surface area contributed by atoms with Crippen molar-refractivity contribution in [2.75, 3.05) is 26.2 Å². The van der Waals surface area contributed by atoms with Crippen LogP contribution in [0.25, 0.3) is 0 Å². The van der Waals surface area contributed by atoms with Crippen LogP contribution in [0.15, 0.2) is 59.8 Å². The molecule has 2 aliphatic heterocycles. The molecule has 1 aromatic heterocycles. The Morgan fingerprint density at radius 1 is 1.12 bits per heavy atom. The van der Waals surface area contributed by atoms with Gasteiger partial charge in [0.05, 0.1) is 17.6 Å². The third-order valence-electron chi connectivity index (χ3n) is 5.26. The maximum absolute atomic E-state index is 12.4. The summed E-state index contributed by atoms with van der Waals surface area (Å²) in [6, 6.07) is 12.6. The van der Waals surface area contributed by atoms with Crippen LogP contribution in [0.5, 0.6) is 0 Å². The van der Waals surface area contributed by atoms with E-state index in [0.717, 1.165) is 19.6 Å². The van der Waals surface area contributed by atoms with Gasteiger partial charge in [-0.3, -0.25) is 9.88 Å². The largest absolute Gasteiger partial charge is 0.376 e. The number of nitrogens with one attached hydrogen (secondary N) is 1. The first kappa shape index (κ1) is 17.6. The molecular weight excluding hydrogens is 350 g/mol. The van der Waals surface area contributed by atoms with Gasteiger partial charge in [-0.05, 0) is 29.8 Å². The van der Waals surface area contributed by atoms with E-state index in [4.69, 9.17) is 4.74 Å². The fourth-order valence-electron chi connectivity index (χ4n) is 3.87. The lowest BCUT2D eigenvalue weighted by Gasteiger charge is -2.20. The van der Waals surface area contributed by atoms with E-state index in [0.29, 0.717) is 24.0 Å². The van der Waals surface area contributed by atoms with Gasteiger partial charge in [-0.1, -0.05) is 18.2 Å². The van der Waals surface area contributed by atoms with Gasteiger partial charge >= 0.3 is 0 Å². The van der Waals surface area contributed by atoms with E-state index in [1.165, 1.54) is 5.56 Å². The van der Waals surface area contributed by atoms with Crippen molar-refractivity contribution in [3.63, 3.8) is 0 Å². The molecule has 2 aliphatic rings. The lowest BCUT2D eigenvalue weighted by molar-refractivity contribution is 0.0942. The van der Waals surface area contributed by atoms with E-state index < -0.39 is 10.0 Å². The van der Waals surface area contributed by atoms with Crippen molar-refractivity contribution in [2.24, 2.45) is 11.8 Å². The molecule has 0 spiro atoms. The zero-order chi connectivity index (χ0) is 18.0. The minimum atomic E-state index is -3.46. The number of pyridine rings is 1. The predicted molar refractivity (Wildman–Crippen MR) is 97.9 cm³/mol. The minimum Gasteiger partial charge on any atom is -0.376 e. The molecule has 0 bridgehead atoms. The average Bonchev–Trinajstić information content (AvgIpc) is 3.22. The monoisotopic (exact) mass is 373 g/mol. The molecular formula is C19H23N3O3S. The molecule has 0 amide bonds. The molecule has 2 fully saturated rings. The number of nitrogens with zero attached hydrogens (tertiary/aromatic N) is 2. The molecule has 2 aromatic rings. The van der Waals surface area contributed by atoms with Crippen molar-refractivity contribution in [1.29, 1.82) is 0 Å². The van der Waals surface area contributed by atoms with Crippen molar-refractivity contribution in [1.82, 2.24) is 14.6 Å². The summed E-state index contributed by atoms with van der Waals surface area (Å²) in [7, 11) is -3.46. The molecule has 0 radical (unpaired) electrons. The van der Waals surface area contributed by atoms with Crippen LogP contribution in [0.3, 0.4) is 0 Å². The molecule has 7 heteroatoms. The van der Waals surface area contributed by atoms with Crippen LogP contribution in [0.2, 0.25) is 0 Å². The van der Waals surface area contributed by atoms with E-state index in [1.54, 1.807) is 24.3 Å². The predicted octanol–water partition coefficient (Wildman–Crippen LogP) is 1.51. The Morgan fingerprint density at radius 3 is 2.65 bits per heavy atom. The van der Waals surface area contributed by atoms with Gasteiger partial charge in [0.2, 0.25) is 10.0 Å². The summed E-state index contributed by atoms with van der Waals surface area (Å²) in [5.74, 6) is 0.580. The number of likely N-dealkylation sites (tertiary alicyclic amines) is 1. The van der Waals surface area contributed by atoms with Crippen LogP contribution in [0.1, 0.15) is 5.56 Å². The minimum absolute atomic E-state index is 0.197. The third-order valence-corrected chi connectivity index (χ3v) is 6.70. The average molecular weight is 373 g/mol. The molecule has 138 valence electrons. The standard InChI is InChI=1S/C19H23N3O3S/c23-26(24,17-4-2-1-3-5-17)21-10-16-14-25-19-13-22(12-18(16)19)11-15-6-8-20-9-7-15/h1-9,16,18-19,21H,10-14H2/t16-,18-,19-/m1/s1. The highest BCUT2D eigenvalue weighted by Crippen LogP contribution is 2.34. The first-order valence-corrected chi connectivity index (χ1v) is 10.4. The van der Waals surface area contributed by atoms with Crippen LogP contribution in [-0.2, 0) is 21.3 Å². The van der Waals surface area contributed by atoms with Gasteiger partial charge in [0.1, 0.15) is 0 Å². The molecule has 1 aromatic carbocycles. The number of sulfonamides is 1. The maximum Gasteiger partial charge on any atom is 0.240 e. The molecule has 4 rings (SSSR count). The zero-order valence-electron chi connectivity index (χ0n) is 14.5. The van der Waals surface area contributed by atoms with Crippen LogP contribution < -0.4 is 4.72 Å². The molecule has 6 nitrogen and oxygen atoms in total. The highest BCUT2D eigenvalue weighted by atomic mass is 32.2. The van der Waals surface area contributed by atoms with Crippen molar-refractivity contribution in [2.45, 2.75) is 17.5 Å². The third kappa shape index (κ3) is 3.81. The summed E-state index contributed by atoms with van der Waals surface area (Å²) in [6.07, 6.45) is 3.82. The Balaban J connectivity index is 1.35. The number of aromatic nitrogens is 1. The first-order chi connectivity index (χ1) is 12.6. The normalized spacial score (nSPS) is 26.1. The van der Waals surface area contributed by atoms with Gasteiger partial charge in [-0.25, -0.2) is 13.1 Å². The number of rotatable bonds is 6. The van der Waals surface area contributed by atoms with Crippen molar-refractivity contribution >= 4 is 10.0 Å². The lowest BCUT2D eigenvalue weighted by atomic mass is 9.93. The molecule has 0 unspecified atom stereocenters. The van der Waals surface area contributed by atoms with Crippen LogP contribution in [0.4, 0.5) is 0 Å². The Bertz CT molecular complexity index is 830. The summed E-state index contributed by atoms with van der Waals surface area (Å²) in [5, 5.41) is 0. The Hall–Kier alpha value is -1.80. The molecule has 0 saturated carbocycles. The quantitative estimate of drug-likeness (QED) is 0.831. The first-order valence-electron chi connectivity index (χ1n) is 8.89. The fourth-order valence-corrected chi connectivity index (χ4v) is 4.98. The SMILES string of the molecule is O=S(=O)(NC[C@@H]1CO[C@@H]2CN(Cc3ccncc3)C[C@H]12)c1ccccc1. The van der Waals surface area contributed by atoms with Gasteiger partial charge in [0, 0.05) is 50.4 Å². The number of benzene rings is 1. The summed E-state index contributed by atoms with van der Waals surface area (Å²) in [4.78, 5) is 6.74. The van der Waals surface area contributed by atoms with E-state index in [1.807, 2.05) is 30.6 Å². The summed E-state index contributed by atoms with van der Waals surface area (Å²) >= 11 is 0. The summed E-state index contributed by atoms with van der Waals surface area (Å²) in [5.41, 5.74) is 1.24. The topological polar surface area (TPSA) is 71.5 Å². The molecule has 26 heavy (non-hydrogen) atoms. The van der Waals surface area contributed by atoms with Gasteiger partial charge in [0.15, 0.2) is 0 Å². The summed E-state index contributed by atoms with van der Waals surface area (Å²) < 4.78 is 33.5. The van der Waals surface area contributed by atoms with E-state index in [2.05, 4.69) is 14.6 Å². The second kappa shape index (κ2) is 7.44. The number of ether oxygens (including phenoxy) is 1. The van der Waals surface area contributed by atoms with Crippen molar-refractivity contribution < 1.29 is 13.2 Å². The Kier molecular flexibility index (Phi) is 5.04. The molecule has 2 saturated heterocycles. The number of hydrogen-bond acceptors (Lipinski definition) is 5.